The monoisotopic (exact) mass is 259 g/mol. The first-order valence-corrected chi connectivity index (χ1v) is 6.61. The molecule has 0 N–H and O–H groups in total. The van der Waals surface area contributed by atoms with Crippen LogP contribution in [0.4, 0.5) is 5.69 Å². The maximum Gasteiger partial charge on any atom is 0.261 e. The van der Waals surface area contributed by atoms with Gasteiger partial charge in [-0.3, -0.25) is 4.79 Å². The zero-order valence-corrected chi connectivity index (χ0v) is 12.0. The second-order valence-corrected chi connectivity index (χ2v) is 5.67. The number of rotatable bonds is 4. The van der Waals surface area contributed by atoms with E-state index in [1.165, 1.54) is 0 Å². The van der Waals surface area contributed by atoms with Crippen LogP contribution in [0.25, 0.3) is 0 Å². The Morgan fingerprint density at radius 3 is 2.58 bits per heavy atom. The van der Waals surface area contributed by atoms with Gasteiger partial charge >= 0.3 is 0 Å². The lowest BCUT2D eigenvalue weighted by atomic mass is 10.1. The molecule has 19 heavy (non-hydrogen) atoms. The number of hydrogen-bond acceptors (Lipinski definition) is 2. The zero-order valence-electron chi connectivity index (χ0n) is 12.0. The van der Waals surface area contributed by atoms with Crippen LogP contribution in [0.1, 0.15) is 39.4 Å². The van der Waals surface area contributed by atoms with Crippen LogP contribution in [0, 0.1) is 0 Å². The first-order chi connectivity index (χ1) is 8.87. The van der Waals surface area contributed by atoms with E-state index in [1.807, 2.05) is 52.0 Å². The number of carbonyl (C=O) groups is 1. The van der Waals surface area contributed by atoms with Gasteiger partial charge in [-0.1, -0.05) is 24.3 Å². The first-order valence-electron chi connectivity index (χ1n) is 6.61. The quantitative estimate of drug-likeness (QED) is 0.775. The summed E-state index contributed by atoms with van der Waals surface area (Å²) >= 11 is 0. The Morgan fingerprint density at radius 1 is 1.37 bits per heavy atom. The third-order valence-corrected chi connectivity index (χ3v) is 3.37. The molecule has 1 aliphatic heterocycles. The molecule has 0 aliphatic carbocycles. The first kappa shape index (κ1) is 13.8. The van der Waals surface area contributed by atoms with Crippen molar-refractivity contribution in [2.75, 3.05) is 4.90 Å². The number of para-hydroxylation sites is 1. The Bertz CT molecular complexity index is 505. The van der Waals surface area contributed by atoms with Crippen molar-refractivity contribution in [1.82, 2.24) is 0 Å². The van der Waals surface area contributed by atoms with E-state index in [2.05, 4.69) is 6.58 Å². The largest absolute Gasteiger partial charge is 0.354 e. The number of carbonyl (C=O) groups excluding carboxylic acids is 1. The maximum absolute atomic E-state index is 12.6. The average Bonchev–Trinajstić information content (AvgIpc) is 2.62. The van der Waals surface area contributed by atoms with Gasteiger partial charge in [0, 0.05) is 11.6 Å². The number of amides is 1. The molecule has 1 aliphatic rings. The summed E-state index contributed by atoms with van der Waals surface area (Å²) < 4.78 is 5.96. The van der Waals surface area contributed by atoms with E-state index in [1.54, 1.807) is 11.0 Å². The molecule has 0 radical (unpaired) electrons. The molecule has 1 atom stereocenters. The average molecular weight is 259 g/mol. The van der Waals surface area contributed by atoms with Gasteiger partial charge in [0.25, 0.3) is 5.91 Å². The molecule has 3 heteroatoms. The molecular weight excluding hydrogens is 238 g/mol. The minimum atomic E-state index is -0.536. The van der Waals surface area contributed by atoms with E-state index in [4.69, 9.17) is 4.74 Å². The number of benzene rings is 1. The number of hydrogen-bond donors (Lipinski definition) is 0. The molecule has 102 valence electrons. The third-order valence-electron chi connectivity index (χ3n) is 3.37. The Kier molecular flexibility index (Phi) is 3.50. The van der Waals surface area contributed by atoms with Gasteiger partial charge in [0.15, 0.2) is 6.10 Å². The number of ether oxygens (including phenoxy) is 1. The van der Waals surface area contributed by atoms with Gasteiger partial charge in [-0.2, -0.15) is 0 Å². The molecule has 0 bridgehead atoms. The fraction of sp³-hybridized carbons (Fsp3) is 0.438. The number of nitrogens with zero attached hydrogens (tertiary/aromatic N) is 1. The van der Waals surface area contributed by atoms with Crippen molar-refractivity contribution in [2.45, 2.75) is 45.4 Å². The normalized spacial score (nSPS) is 18.9. The molecule has 3 nitrogen and oxygen atoms in total. The van der Waals surface area contributed by atoms with Crippen LogP contribution >= 0.6 is 0 Å². The highest BCUT2D eigenvalue weighted by atomic mass is 16.5. The minimum Gasteiger partial charge on any atom is -0.354 e. The number of anilines is 1. The van der Waals surface area contributed by atoms with Crippen molar-refractivity contribution >= 4 is 11.6 Å². The summed E-state index contributed by atoms with van der Waals surface area (Å²) in [5.41, 5.74) is 1.36. The van der Waals surface area contributed by atoms with Gasteiger partial charge in [0.2, 0.25) is 0 Å². The second-order valence-electron chi connectivity index (χ2n) is 5.67. The van der Waals surface area contributed by atoms with Crippen LogP contribution in [0.2, 0.25) is 0 Å². The molecule has 1 aromatic rings. The van der Waals surface area contributed by atoms with E-state index in [-0.39, 0.29) is 11.9 Å². The van der Waals surface area contributed by atoms with Gasteiger partial charge in [0.05, 0.1) is 11.3 Å². The SMILES string of the molecule is C=CC(C)(C)OC1C(=O)N(C(C)C)c2ccccc21. The van der Waals surface area contributed by atoms with Crippen LogP contribution in [-0.2, 0) is 9.53 Å². The molecule has 0 spiro atoms. The summed E-state index contributed by atoms with van der Waals surface area (Å²) in [5, 5.41) is 0. The molecule has 1 unspecified atom stereocenters. The van der Waals surface area contributed by atoms with Crippen LogP contribution in [0.15, 0.2) is 36.9 Å². The predicted octanol–water partition coefficient (Wildman–Crippen LogP) is 3.46. The lowest BCUT2D eigenvalue weighted by Gasteiger charge is -2.26. The van der Waals surface area contributed by atoms with Gasteiger partial charge in [-0.15, -0.1) is 6.58 Å². The molecular formula is C16H21NO2. The molecule has 0 saturated carbocycles. The predicted molar refractivity (Wildman–Crippen MR) is 77.2 cm³/mol. The lowest BCUT2D eigenvalue weighted by molar-refractivity contribution is -0.136. The van der Waals surface area contributed by atoms with Crippen molar-refractivity contribution < 1.29 is 9.53 Å². The van der Waals surface area contributed by atoms with Crippen LogP contribution in [0.3, 0.4) is 0 Å². The molecule has 0 aromatic heterocycles. The summed E-state index contributed by atoms with van der Waals surface area (Å²) in [6, 6.07) is 7.93. The highest BCUT2D eigenvalue weighted by Gasteiger charge is 2.41. The Morgan fingerprint density at radius 2 is 2.00 bits per heavy atom. The minimum absolute atomic E-state index is 0.00567. The summed E-state index contributed by atoms with van der Waals surface area (Å²) in [4.78, 5) is 14.4. The summed E-state index contributed by atoms with van der Waals surface area (Å²) in [6.45, 7) is 11.6. The molecule has 1 amide bonds. The Balaban J connectivity index is 2.41. The molecule has 1 heterocycles. The van der Waals surface area contributed by atoms with Crippen LogP contribution in [-0.4, -0.2) is 17.6 Å². The summed E-state index contributed by atoms with van der Waals surface area (Å²) in [5.74, 6) is 0.00567. The van der Waals surface area contributed by atoms with Gasteiger partial charge in [-0.25, -0.2) is 0 Å². The van der Waals surface area contributed by atoms with Crippen molar-refractivity contribution in [1.29, 1.82) is 0 Å². The van der Waals surface area contributed by atoms with Crippen molar-refractivity contribution in [3.05, 3.63) is 42.5 Å². The van der Waals surface area contributed by atoms with E-state index in [0.29, 0.717) is 0 Å². The fourth-order valence-electron chi connectivity index (χ4n) is 2.31. The smallest absolute Gasteiger partial charge is 0.261 e. The van der Waals surface area contributed by atoms with Gasteiger partial charge < -0.3 is 9.64 Å². The third kappa shape index (κ3) is 2.43. The highest BCUT2D eigenvalue weighted by Crippen LogP contribution is 2.40. The zero-order chi connectivity index (χ0) is 14.2. The molecule has 0 saturated heterocycles. The lowest BCUT2D eigenvalue weighted by Crippen LogP contribution is -2.37. The summed E-state index contributed by atoms with van der Waals surface area (Å²) in [6.07, 6.45) is 1.19. The number of fused-ring (bicyclic) bond motifs is 1. The van der Waals surface area contributed by atoms with Crippen LogP contribution in [0.5, 0.6) is 0 Å². The molecule has 0 fully saturated rings. The van der Waals surface area contributed by atoms with E-state index in [9.17, 15) is 4.79 Å². The highest BCUT2D eigenvalue weighted by molar-refractivity contribution is 6.04. The standard InChI is InChI=1S/C16H21NO2/c1-6-16(4,5)19-14-12-9-7-8-10-13(12)17(11(2)3)15(14)18/h6-11,14H,1H2,2-5H3. The van der Waals surface area contributed by atoms with Gasteiger partial charge in [-0.05, 0) is 33.8 Å². The maximum atomic E-state index is 12.6. The fourth-order valence-corrected chi connectivity index (χ4v) is 2.31. The van der Waals surface area contributed by atoms with Crippen molar-refractivity contribution in [3.8, 4) is 0 Å². The van der Waals surface area contributed by atoms with E-state index < -0.39 is 11.7 Å². The molecule has 2 rings (SSSR count). The molecule has 1 aromatic carbocycles. The Hall–Kier alpha value is -1.61. The van der Waals surface area contributed by atoms with Crippen LogP contribution < -0.4 is 4.90 Å². The van der Waals surface area contributed by atoms with Gasteiger partial charge in [0.1, 0.15) is 0 Å². The van der Waals surface area contributed by atoms with Crippen molar-refractivity contribution in [3.63, 3.8) is 0 Å². The summed E-state index contributed by atoms with van der Waals surface area (Å²) in [7, 11) is 0. The van der Waals surface area contributed by atoms with E-state index >= 15 is 0 Å². The van der Waals surface area contributed by atoms with E-state index in [0.717, 1.165) is 11.3 Å². The topological polar surface area (TPSA) is 29.5 Å². The second kappa shape index (κ2) is 4.82. The Labute approximate surface area is 114 Å². The van der Waals surface area contributed by atoms with Crippen molar-refractivity contribution in [2.24, 2.45) is 0 Å².